The van der Waals surface area contributed by atoms with Gasteiger partial charge in [0.1, 0.15) is 0 Å². The number of halogens is 1. The van der Waals surface area contributed by atoms with Crippen molar-refractivity contribution in [3.8, 4) is 0 Å². The zero-order chi connectivity index (χ0) is 23.3. The van der Waals surface area contributed by atoms with Crippen LogP contribution in [0.4, 0.5) is 4.79 Å². The summed E-state index contributed by atoms with van der Waals surface area (Å²) in [5.74, 6) is -0.676. The summed E-state index contributed by atoms with van der Waals surface area (Å²) in [6.07, 6.45) is 6.31. The molecule has 0 aromatic heterocycles. The lowest BCUT2D eigenvalue weighted by Gasteiger charge is -2.59. The van der Waals surface area contributed by atoms with Crippen molar-refractivity contribution in [2.24, 2.45) is 28.6 Å². The predicted octanol–water partition coefficient (Wildman–Crippen LogP) is 3.92. The Kier molecular flexibility index (Phi) is 5.95. The fourth-order valence-corrected chi connectivity index (χ4v) is 7.41. The van der Waals surface area contributed by atoms with Crippen molar-refractivity contribution in [1.82, 2.24) is 0 Å². The zero-order valence-corrected chi connectivity index (χ0v) is 19.5. The molecule has 1 N–H and O–H groups in total. The van der Waals surface area contributed by atoms with Gasteiger partial charge in [-0.3, -0.25) is 4.79 Å². The molecule has 0 spiro atoms. The van der Waals surface area contributed by atoms with E-state index < -0.39 is 34.7 Å². The molecule has 7 atom stereocenters. The maximum absolute atomic E-state index is 13.2. The van der Waals surface area contributed by atoms with Crippen LogP contribution in [0.2, 0.25) is 0 Å². The highest BCUT2D eigenvalue weighted by Gasteiger charge is 2.71. The standard InChI is InChI=1S/C24H31ClO7/c1-4-30-21(29)32-24(20(28)31-13-25)10-8-17-16-6-5-14-11-15(26)7-9-22(14,2)19(16)18(27)12-23(17,24)3/h7,9,11,16-19,27H,4-6,8,10,12-13H2,1-3H3/t16-,17-,18-,19+,22+,23-,24-/m1/s1. The van der Waals surface area contributed by atoms with Crippen LogP contribution in [0.25, 0.3) is 0 Å². The Morgan fingerprint density at radius 2 is 2.00 bits per heavy atom. The maximum Gasteiger partial charge on any atom is 0.509 e. The third-order valence-electron chi connectivity index (χ3n) is 8.65. The molecule has 0 aromatic rings. The number of carbonyl (C=O) groups is 3. The van der Waals surface area contributed by atoms with Crippen molar-refractivity contribution in [3.05, 3.63) is 23.8 Å². The van der Waals surface area contributed by atoms with Crippen molar-refractivity contribution >= 4 is 29.5 Å². The Bertz CT molecular complexity index is 882. The SMILES string of the molecule is CCOC(=O)O[C@@]1(C(=O)OCCl)CC[C@@H]2[C@H]3CCC4=CC(=O)C=C[C@]4(C)[C@@H]3[C@H](O)C[C@]21C. The second-order valence-electron chi connectivity index (χ2n) is 9.90. The van der Waals surface area contributed by atoms with Crippen LogP contribution in [0.5, 0.6) is 0 Å². The van der Waals surface area contributed by atoms with Crippen LogP contribution in [0.15, 0.2) is 23.8 Å². The van der Waals surface area contributed by atoms with Gasteiger partial charge in [-0.15, -0.1) is 0 Å². The molecule has 0 saturated heterocycles. The van der Waals surface area contributed by atoms with Gasteiger partial charge in [0, 0.05) is 16.7 Å². The molecule has 0 bridgehead atoms. The van der Waals surface area contributed by atoms with E-state index in [9.17, 15) is 19.5 Å². The number of hydrogen-bond donors (Lipinski definition) is 1. The zero-order valence-electron chi connectivity index (χ0n) is 18.8. The molecule has 0 aromatic carbocycles. The molecule has 0 unspecified atom stereocenters. The third-order valence-corrected chi connectivity index (χ3v) is 8.76. The summed E-state index contributed by atoms with van der Waals surface area (Å²) < 4.78 is 15.9. The normalized spacial score (nSPS) is 42.3. The highest BCUT2D eigenvalue weighted by Crippen LogP contribution is 2.68. The highest BCUT2D eigenvalue weighted by atomic mass is 35.5. The van der Waals surface area contributed by atoms with Crippen LogP contribution >= 0.6 is 11.6 Å². The van der Waals surface area contributed by atoms with Gasteiger partial charge in [-0.2, -0.15) is 0 Å². The Morgan fingerprint density at radius 3 is 2.69 bits per heavy atom. The largest absolute Gasteiger partial charge is 0.509 e. The van der Waals surface area contributed by atoms with Gasteiger partial charge in [0.2, 0.25) is 5.60 Å². The van der Waals surface area contributed by atoms with Crippen LogP contribution in [-0.2, 0) is 23.8 Å². The molecule has 0 heterocycles. The molecule has 0 amide bonds. The highest BCUT2D eigenvalue weighted by molar-refractivity contribution is 6.17. The summed E-state index contributed by atoms with van der Waals surface area (Å²) in [6, 6.07) is -0.354. The van der Waals surface area contributed by atoms with Crippen molar-refractivity contribution in [3.63, 3.8) is 0 Å². The van der Waals surface area contributed by atoms with E-state index in [1.807, 2.05) is 13.0 Å². The topological polar surface area (TPSA) is 99.1 Å². The lowest BCUT2D eigenvalue weighted by atomic mass is 9.46. The number of rotatable bonds is 4. The van der Waals surface area contributed by atoms with Crippen molar-refractivity contribution in [2.45, 2.75) is 64.6 Å². The first-order chi connectivity index (χ1) is 15.1. The molecule has 3 saturated carbocycles. The Balaban J connectivity index is 1.73. The molecule has 4 aliphatic carbocycles. The van der Waals surface area contributed by atoms with Crippen LogP contribution in [0.3, 0.4) is 0 Å². The van der Waals surface area contributed by atoms with Gasteiger partial charge in [0.05, 0.1) is 12.7 Å². The molecule has 8 heteroatoms. The minimum Gasteiger partial charge on any atom is -0.446 e. The number of aliphatic hydroxyl groups excluding tert-OH is 1. The summed E-state index contributed by atoms with van der Waals surface area (Å²) in [5.41, 5.74) is -1.76. The van der Waals surface area contributed by atoms with E-state index >= 15 is 0 Å². The molecular weight excluding hydrogens is 436 g/mol. The summed E-state index contributed by atoms with van der Waals surface area (Å²) in [4.78, 5) is 37.5. The molecule has 32 heavy (non-hydrogen) atoms. The van der Waals surface area contributed by atoms with E-state index in [1.54, 1.807) is 19.1 Å². The van der Waals surface area contributed by atoms with Crippen LogP contribution < -0.4 is 0 Å². The lowest BCUT2D eigenvalue weighted by molar-refractivity contribution is -0.199. The van der Waals surface area contributed by atoms with Crippen LogP contribution in [0.1, 0.15) is 52.9 Å². The average Bonchev–Trinajstić information content (AvgIpc) is 3.01. The smallest absolute Gasteiger partial charge is 0.446 e. The number of allylic oxidation sites excluding steroid dienone is 4. The number of fused-ring (bicyclic) bond motifs is 5. The molecule has 4 rings (SSSR count). The maximum atomic E-state index is 13.2. The number of hydrogen-bond acceptors (Lipinski definition) is 7. The van der Waals surface area contributed by atoms with E-state index in [0.717, 1.165) is 18.4 Å². The van der Waals surface area contributed by atoms with Crippen LogP contribution in [-0.4, -0.2) is 47.4 Å². The monoisotopic (exact) mass is 466 g/mol. The molecule has 0 radical (unpaired) electrons. The first-order valence-electron chi connectivity index (χ1n) is 11.3. The minimum absolute atomic E-state index is 0.0161. The van der Waals surface area contributed by atoms with Gasteiger partial charge >= 0.3 is 12.1 Å². The lowest BCUT2D eigenvalue weighted by Crippen LogP contribution is -2.62. The Morgan fingerprint density at radius 1 is 1.25 bits per heavy atom. The van der Waals surface area contributed by atoms with Gasteiger partial charge in [-0.05, 0) is 63.0 Å². The molecule has 4 aliphatic rings. The fraction of sp³-hybridized carbons (Fsp3) is 0.708. The van der Waals surface area contributed by atoms with E-state index in [2.05, 4.69) is 6.92 Å². The minimum atomic E-state index is -1.57. The van der Waals surface area contributed by atoms with E-state index in [1.165, 1.54) is 0 Å². The van der Waals surface area contributed by atoms with Crippen molar-refractivity contribution in [1.29, 1.82) is 0 Å². The predicted molar refractivity (Wildman–Crippen MR) is 116 cm³/mol. The Hall–Kier alpha value is -1.86. The molecule has 7 nitrogen and oxygen atoms in total. The number of alkyl halides is 1. The molecule has 176 valence electrons. The number of ether oxygens (including phenoxy) is 3. The van der Waals surface area contributed by atoms with Crippen molar-refractivity contribution in [2.75, 3.05) is 12.7 Å². The molecular formula is C24H31ClO7. The molecule has 3 fully saturated rings. The van der Waals surface area contributed by atoms with E-state index in [-0.39, 0.29) is 49.1 Å². The Labute approximate surface area is 193 Å². The van der Waals surface area contributed by atoms with Crippen molar-refractivity contribution < 1.29 is 33.7 Å². The number of aliphatic hydroxyl groups is 1. The summed E-state index contributed by atoms with van der Waals surface area (Å²) in [5, 5.41) is 11.5. The van der Waals surface area contributed by atoms with Gasteiger partial charge < -0.3 is 19.3 Å². The van der Waals surface area contributed by atoms with E-state index in [0.29, 0.717) is 6.42 Å². The summed E-state index contributed by atoms with van der Waals surface area (Å²) in [7, 11) is 0. The van der Waals surface area contributed by atoms with Crippen LogP contribution in [0, 0.1) is 28.6 Å². The number of carbonyl (C=O) groups excluding carboxylic acids is 3. The first kappa shape index (κ1) is 23.3. The van der Waals surface area contributed by atoms with E-state index in [4.69, 9.17) is 25.8 Å². The fourth-order valence-electron chi connectivity index (χ4n) is 7.31. The number of ketones is 1. The molecule has 0 aliphatic heterocycles. The van der Waals surface area contributed by atoms with Gasteiger partial charge in [-0.1, -0.05) is 37.1 Å². The second-order valence-corrected chi connectivity index (χ2v) is 10.1. The van der Waals surface area contributed by atoms with Gasteiger partial charge in [0.25, 0.3) is 0 Å². The van der Waals surface area contributed by atoms with Gasteiger partial charge in [0.15, 0.2) is 11.8 Å². The third kappa shape index (κ3) is 3.23. The summed E-state index contributed by atoms with van der Waals surface area (Å²) >= 11 is 5.70. The summed E-state index contributed by atoms with van der Waals surface area (Å²) in [6.45, 7) is 5.77. The number of esters is 1. The quantitative estimate of drug-likeness (QED) is 0.495. The average molecular weight is 467 g/mol. The van der Waals surface area contributed by atoms with Gasteiger partial charge in [-0.25, -0.2) is 9.59 Å². The second kappa shape index (κ2) is 8.17. The first-order valence-corrected chi connectivity index (χ1v) is 11.9.